The van der Waals surface area contributed by atoms with Gasteiger partial charge in [-0.15, -0.1) is 0 Å². The summed E-state index contributed by atoms with van der Waals surface area (Å²) >= 11 is 0. The van der Waals surface area contributed by atoms with Crippen molar-refractivity contribution in [2.75, 3.05) is 0 Å². The molecule has 0 aliphatic carbocycles. The standard InChI is InChI=1S/C12H14N2O2/c1-9(2)16-7-10-3-5-11(6-4-10)12(15)14-8-13/h3-6,9H,7H2,1-2H3,(H,14,15). The molecule has 0 saturated carbocycles. The van der Waals surface area contributed by atoms with Crippen LogP contribution in [0.4, 0.5) is 0 Å². The topological polar surface area (TPSA) is 62.1 Å². The van der Waals surface area contributed by atoms with Crippen LogP contribution in [0.5, 0.6) is 0 Å². The summed E-state index contributed by atoms with van der Waals surface area (Å²) in [6.07, 6.45) is 1.78. The van der Waals surface area contributed by atoms with Crippen LogP contribution in [0.15, 0.2) is 24.3 Å². The molecule has 0 saturated heterocycles. The van der Waals surface area contributed by atoms with Crippen molar-refractivity contribution in [3.8, 4) is 6.19 Å². The van der Waals surface area contributed by atoms with E-state index in [1.807, 2.05) is 26.0 Å². The van der Waals surface area contributed by atoms with E-state index < -0.39 is 0 Å². The molecule has 0 aliphatic heterocycles. The molecule has 0 atom stereocenters. The van der Waals surface area contributed by atoms with Crippen LogP contribution >= 0.6 is 0 Å². The summed E-state index contributed by atoms with van der Waals surface area (Å²) in [6.45, 7) is 4.46. The van der Waals surface area contributed by atoms with E-state index in [-0.39, 0.29) is 12.0 Å². The van der Waals surface area contributed by atoms with E-state index in [9.17, 15) is 4.79 Å². The van der Waals surface area contributed by atoms with Gasteiger partial charge >= 0.3 is 0 Å². The Morgan fingerprint density at radius 2 is 2.06 bits per heavy atom. The summed E-state index contributed by atoms with van der Waals surface area (Å²) in [5.74, 6) is -0.390. The number of nitrogens with zero attached hydrogens (tertiary/aromatic N) is 1. The van der Waals surface area contributed by atoms with Gasteiger partial charge in [-0.3, -0.25) is 10.1 Å². The predicted molar refractivity (Wildman–Crippen MR) is 59.4 cm³/mol. The van der Waals surface area contributed by atoms with Gasteiger partial charge in [-0.05, 0) is 31.5 Å². The van der Waals surface area contributed by atoms with Crippen LogP contribution in [-0.4, -0.2) is 12.0 Å². The Kier molecular flexibility index (Phi) is 4.49. The zero-order valence-electron chi connectivity index (χ0n) is 9.36. The van der Waals surface area contributed by atoms with E-state index in [1.165, 1.54) is 0 Å². The first-order chi connectivity index (χ1) is 7.63. The Morgan fingerprint density at radius 3 is 2.56 bits per heavy atom. The number of hydrogen-bond acceptors (Lipinski definition) is 3. The van der Waals surface area contributed by atoms with Gasteiger partial charge in [0.2, 0.25) is 0 Å². The highest BCUT2D eigenvalue weighted by atomic mass is 16.5. The van der Waals surface area contributed by atoms with Crippen LogP contribution in [0, 0.1) is 11.5 Å². The smallest absolute Gasteiger partial charge is 0.264 e. The third-order valence-corrected chi connectivity index (χ3v) is 1.97. The van der Waals surface area contributed by atoms with Gasteiger partial charge in [0, 0.05) is 5.56 Å². The van der Waals surface area contributed by atoms with E-state index in [2.05, 4.69) is 5.32 Å². The highest BCUT2D eigenvalue weighted by Gasteiger charge is 2.04. The molecule has 0 fully saturated rings. The zero-order chi connectivity index (χ0) is 12.0. The van der Waals surface area contributed by atoms with Crippen molar-refractivity contribution in [3.63, 3.8) is 0 Å². The number of carbonyl (C=O) groups excluding carboxylic acids is 1. The number of nitriles is 1. The molecular formula is C12H14N2O2. The van der Waals surface area contributed by atoms with Crippen molar-refractivity contribution >= 4 is 5.91 Å². The number of amides is 1. The van der Waals surface area contributed by atoms with Crippen molar-refractivity contribution < 1.29 is 9.53 Å². The summed E-state index contributed by atoms with van der Waals surface area (Å²) in [7, 11) is 0. The minimum absolute atomic E-state index is 0.182. The summed E-state index contributed by atoms with van der Waals surface area (Å²) in [4.78, 5) is 11.3. The largest absolute Gasteiger partial charge is 0.374 e. The lowest BCUT2D eigenvalue weighted by Gasteiger charge is -2.07. The quantitative estimate of drug-likeness (QED) is 0.619. The highest BCUT2D eigenvalue weighted by Crippen LogP contribution is 2.06. The first-order valence-electron chi connectivity index (χ1n) is 5.03. The first kappa shape index (κ1) is 12.2. The molecule has 16 heavy (non-hydrogen) atoms. The van der Waals surface area contributed by atoms with Gasteiger partial charge < -0.3 is 4.74 Å². The molecule has 1 aromatic rings. The minimum atomic E-state index is -0.390. The Hall–Kier alpha value is -1.86. The Balaban J connectivity index is 2.61. The number of nitrogens with one attached hydrogen (secondary N) is 1. The van der Waals surface area contributed by atoms with Crippen LogP contribution in [0.3, 0.4) is 0 Å². The van der Waals surface area contributed by atoms with Crippen LogP contribution < -0.4 is 5.32 Å². The average Bonchev–Trinajstić information content (AvgIpc) is 2.27. The lowest BCUT2D eigenvalue weighted by atomic mass is 10.1. The van der Waals surface area contributed by atoms with E-state index in [0.29, 0.717) is 12.2 Å². The second kappa shape index (κ2) is 5.89. The molecule has 0 aromatic heterocycles. The normalized spacial score (nSPS) is 9.88. The molecule has 0 unspecified atom stereocenters. The number of hydrogen-bond donors (Lipinski definition) is 1. The minimum Gasteiger partial charge on any atom is -0.374 e. The highest BCUT2D eigenvalue weighted by molar-refractivity contribution is 5.95. The molecule has 4 nitrogen and oxygen atoms in total. The van der Waals surface area contributed by atoms with Gasteiger partial charge in [-0.1, -0.05) is 12.1 Å². The van der Waals surface area contributed by atoms with Gasteiger partial charge in [-0.2, -0.15) is 5.26 Å². The SMILES string of the molecule is CC(C)OCc1ccc(C(=O)NC#N)cc1. The molecule has 4 heteroatoms. The fourth-order valence-electron chi connectivity index (χ4n) is 1.14. The lowest BCUT2D eigenvalue weighted by Crippen LogP contribution is -2.17. The Labute approximate surface area is 94.8 Å². The van der Waals surface area contributed by atoms with E-state index in [4.69, 9.17) is 10.00 Å². The number of benzene rings is 1. The molecule has 0 aliphatic rings. The predicted octanol–water partition coefficient (Wildman–Crippen LogP) is 1.82. The van der Waals surface area contributed by atoms with Crippen LogP contribution in [0.1, 0.15) is 29.8 Å². The molecule has 0 radical (unpaired) electrons. The van der Waals surface area contributed by atoms with Crippen molar-refractivity contribution in [2.45, 2.75) is 26.6 Å². The zero-order valence-corrected chi connectivity index (χ0v) is 9.36. The third-order valence-electron chi connectivity index (χ3n) is 1.97. The third kappa shape index (κ3) is 3.71. The molecule has 0 bridgehead atoms. The maximum atomic E-state index is 11.3. The van der Waals surface area contributed by atoms with Crippen LogP contribution in [-0.2, 0) is 11.3 Å². The molecule has 1 aromatic carbocycles. The van der Waals surface area contributed by atoms with Crippen LogP contribution in [0.2, 0.25) is 0 Å². The van der Waals surface area contributed by atoms with Crippen molar-refractivity contribution in [3.05, 3.63) is 35.4 Å². The van der Waals surface area contributed by atoms with Gasteiger partial charge in [-0.25, -0.2) is 0 Å². The molecule has 1 amide bonds. The van der Waals surface area contributed by atoms with E-state index in [1.54, 1.807) is 18.3 Å². The van der Waals surface area contributed by atoms with Crippen molar-refractivity contribution in [2.24, 2.45) is 0 Å². The summed E-state index contributed by atoms with van der Waals surface area (Å²) < 4.78 is 5.42. The van der Waals surface area contributed by atoms with Crippen LogP contribution in [0.25, 0.3) is 0 Å². The number of ether oxygens (including phenoxy) is 1. The number of carbonyl (C=O) groups is 1. The molecular weight excluding hydrogens is 204 g/mol. The van der Waals surface area contributed by atoms with Crippen molar-refractivity contribution in [1.29, 1.82) is 5.26 Å². The summed E-state index contributed by atoms with van der Waals surface area (Å²) in [5.41, 5.74) is 1.47. The van der Waals surface area contributed by atoms with Gasteiger partial charge in [0.15, 0.2) is 6.19 Å². The number of rotatable bonds is 4. The molecule has 1 rings (SSSR count). The fourth-order valence-corrected chi connectivity index (χ4v) is 1.14. The van der Waals surface area contributed by atoms with Gasteiger partial charge in [0.25, 0.3) is 5.91 Å². The molecule has 1 N–H and O–H groups in total. The van der Waals surface area contributed by atoms with E-state index >= 15 is 0 Å². The Morgan fingerprint density at radius 1 is 1.44 bits per heavy atom. The van der Waals surface area contributed by atoms with Crippen molar-refractivity contribution in [1.82, 2.24) is 5.32 Å². The molecule has 0 heterocycles. The maximum Gasteiger partial charge on any atom is 0.264 e. The van der Waals surface area contributed by atoms with Gasteiger partial charge in [0.05, 0.1) is 12.7 Å². The lowest BCUT2D eigenvalue weighted by molar-refractivity contribution is 0.0657. The fraction of sp³-hybridized carbons (Fsp3) is 0.333. The molecule has 0 spiro atoms. The second-order valence-electron chi connectivity index (χ2n) is 3.62. The summed E-state index contributed by atoms with van der Waals surface area (Å²) in [5, 5.41) is 10.4. The first-order valence-corrected chi connectivity index (χ1v) is 5.03. The Bertz CT molecular complexity index is 390. The monoisotopic (exact) mass is 218 g/mol. The summed E-state index contributed by atoms with van der Waals surface area (Å²) in [6, 6.07) is 6.97. The average molecular weight is 218 g/mol. The van der Waals surface area contributed by atoms with Gasteiger partial charge in [0.1, 0.15) is 0 Å². The van der Waals surface area contributed by atoms with E-state index in [0.717, 1.165) is 5.56 Å². The molecule has 84 valence electrons. The second-order valence-corrected chi connectivity index (χ2v) is 3.62. The maximum absolute atomic E-state index is 11.3.